The first kappa shape index (κ1) is 16.3. The van der Waals surface area contributed by atoms with Gasteiger partial charge in [0, 0.05) is 0 Å². The molecule has 0 N–H and O–H groups in total. The van der Waals surface area contributed by atoms with Gasteiger partial charge in [-0.15, -0.1) is 0 Å². The Morgan fingerprint density at radius 2 is 1.50 bits per heavy atom. The molecule has 0 saturated heterocycles. The van der Waals surface area contributed by atoms with Crippen molar-refractivity contribution in [2.45, 2.75) is 52.7 Å². The Hall–Kier alpha value is 0.327. The Morgan fingerprint density at radius 3 is 1.75 bits per heavy atom. The predicted molar refractivity (Wildman–Crippen MR) is 69.4 cm³/mol. The number of rotatable bonds is 8. The minimum Gasteiger partial charge on any atom is -0.404 e. The molecule has 4 nitrogen and oxygen atoms in total. The average molecular weight is 268 g/mol. The highest BCUT2D eigenvalue weighted by Crippen LogP contribution is 2.55. The van der Waals surface area contributed by atoms with E-state index in [4.69, 9.17) is 13.5 Å². The van der Waals surface area contributed by atoms with Crippen LogP contribution in [0.3, 0.4) is 0 Å². The lowest BCUT2D eigenvalue weighted by Gasteiger charge is -2.30. The van der Waals surface area contributed by atoms with Crippen LogP contribution in [0, 0.1) is 0 Å². The van der Waals surface area contributed by atoms with E-state index < -0.39 is 21.8 Å². The van der Waals surface area contributed by atoms with E-state index in [9.17, 15) is 4.57 Å². The molecular formula is C10H25O4PSi. The van der Waals surface area contributed by atoms with E-state index in [1.165, 1.54) is 0 Å². The van der Waals surface area contributed by atoms with Crippen LogP contribution in [0.4, 0.5) is 0 Å². The van der Waals surface area contributed by atoms with E-state index in [2.05, 4.69) is 19.6 Å². The molecule has 0 rings (SSSR count). The molecule has 0 saturated carbocycles. The zero-order valence-electron chi connectivity index (χ0n) is 11.3. The molecular weight excluding hydrogens is 243 g/mol. The summed E-state index contributed by atoms with van der Waals surface area (Å²) in [7, 11) is -4.85. The summed E-state index contributed by atoms with van der Waals surface area (Å²) < 4.78 is 29.0. The summed E-state index contributed by atoms with van der Waals surface area (Å²) in [6.07, 6.45) is 0.640. The summed E-state index contributed by atoms with van der Waals surface area (Å²) in [5.41, 5.74) is 0. The summed E-state index contributed by atoms with van der Waals surface area (Å²) in [6.45, 7) is 12.5. The fourth-order valence-electron chi connectivity index (χ4n) is 1.34. The van der Waals surface area contributed by atoms with Crippen molar-refractivity contribution in [3.05, 3.63) is 0 Å². The lowest BCUT2D eigenvalue weighted by atomic mass is 10.5. The van der Waals surface area contributed by atoms with Crippen molar-refractivity contribution in [3.63, 3.8) is 0 Å². The highest BCUT2D eigenvalue weighted by Gasteiger charge is 2.37. The molecule has 0 aliphatic heterocycles. The minimum absolute atomic E-state index is 0.378. The van der Waals surface area contributed by atoms with Crippen LogP contribution in [0.25, 0.3) is 0 Å². The maximum absolute atomic E-state index is 12.5. The molecule has 0 aliphatic carbocycles. The maximum Gasteiger partial charge on any atom is 0.357 e. The highest BCUT2D eigenvalue weighted by atomic mass is 31.2. The van der Waals surface area contributed by atoms with Crippen LogP contribution in [0.15, 0.2) is 0 Å². The first-order chi connectivity index (χ1) is 7.29. The predicted octanol–water partition coefficient (Wildman–Crippen LogP) is 3.84. The summed E-state index contributed by atoms with van der Waals surface area (Å²) in [4.78, 5) is 0. The second-order valence-electron chi connectivity index (χ2n) is 4.47. The van der Waals surface area contributed by atoms with Gasteiger partial charge in [0.1, 0.15) is 5.85 Å². The van der Waals surface area contributed by atoms with Crippen LogP contribution in [0.2, 0.25) is 19.6 Å². The summed E-state index contributed by atoms with van der Waals surface area (Å²) >= 11 is 0. The Labute approximate surface area is 100 Å². The Morgan fingerprint density at radius 1 is 1.06 bits per heavy atom. The summed E-state index contributed by atoms with van der Waals surface area (Å²) in [5.74, 6) is -0.431. The third kappa shape index (κ3) is 5.59. The van der Waals surface area contributed by atoms with Gasteiger partial charge in [0.2, 0.25) is 0 Å². The number of hydrogen-bond donors (Lipinski definition) is 0. The monoisotopic (exact) mass is 268 g/mol. The van der Waals surface area contributed by atoms with Crippen molar-refractivity contribution >= 4 is 15.9 Å². The maximum atomic E-state index is 12.5. The van der Waals surface area contributed by atoms with Crippen LogP contribution >= 0.6 is 7.60 Å². The molecule has 0 aromatic heterocycles. The molecule has 98 valence electrons. The zero-order chi connectivity index (χ0) is 12.8. The third-order valence-electron chi connectivity index (χ3n) is 1.81. The molecule has 0 heterocycles. The van der Waals surface area contributed by atoms with Gasteiger partial charge >= 0.3 is 7.60 Å². The van der Waals surface area contributed by atoms with Crippen molar-refractivity contribution in [1.29, 1.82) is 0 Å². The molecule has 0 bridgehead atoms. The van der Waals surface area contributed by atoms with E-state index in [0.717, 1.165) is 0 Å². The van der Waals surface area contributed by atoms with E-state index >= 15 is 0 Å². The van der Waals surface area contributed by atoms with Crippen molar-refractivity contribution in [3.8, 4) is 0 Å². The van der Waals surface area contributed by atoms with Crippen molar-refractivity contribution < 1.29 is 18.0 Å². The van der Waals surface area contributed by atoms with Crippen LogP contribution in [0.1, 0.15) is 27.2 Å². The van der Waals surface area contributed by atoms with Gasteiger partial charge in [-0.05, 0) is 39.9 Å². The smallest absolute Gasteiger partial charge is 0.357 e. The van der Waals surface area contributed by atoms with Gasteiger partial charge in [-0.25, -0.2) is 0 Å². The molecule has 0 aromatic carbocycles. The molecule has 0 spiro atoms. The molecule has 6 heteroatoms. The second kappa shape index (κ2) is 6.92. The normalized spacial score (nSPS) is 15.1. The van der Waals surface area contributed by atoms with E-state index in [0.29, 0.717) is 19.6 Å². The summed E-state index contributed by atoms with van der Waals surface area (Å²) in [5, 5.41) is 0. The van der Waals surface area contributed by atoms with Gasteiger partial charge in [0.05, 0.1) is 13.2 Å². The number of hydrogen-bond acceptors (Lipinski definition) is 4. The fraction of sp³-hybridized carbons (Fsp3) is 1.00. The molecule has 0 amide bonds. The largest absolute Gasteiger partial charge is 0.404 e. The van der Waals surface area contributed by atoms with Gasteiger partial charge in [0.15, 0.2) is 8.32 Å². The van der Waals surface area contributed by atoms with Crippen LogP contribution < -0.4 is 0 Å². The fourth-order valence-corrected chi connectivity index (χ4v) is 5.37. The van der Waals surface area contributed by atoms with Crippen molar-refractivity contribution in [1.82, 2.24) is 0 Å². The van der Waals surface area contributed by atoms with Gasteiger partial charge < -0.3 is 13.5 Å². The first-order valence-corrected chi connectivity index (χ1v) is 10.9. The Kier molecular flexibility index (Phi) is 7.06. The lowest BCUT2D eigenvalue weighted by Crippen LogP contribution is -2.32. The van der Waals surface area contributed by atoms with Crippen LogP contribution in [-0.4, -0.2) is 27.4 Å². The first-order valence-electron chi connectivity index (χ1n) is 5.85. The Balaban J connectivity index is 4.78. The zero-order valence-corrected chi connectivity index (χ0v) is 13.2. The SMILES string of the molecule is CCOP(=O)(OCC)C(CC)O[Si](C)(C)C. The van der Waals surface area contributed by atoms with Crippen LogP contribution in [0.5, 0.6) is 0 Å². The Bertz CT molecular complexity index is 229. The van der Waals surface area contributed by atoms with Crippen molar-refractivity contribution in [2.75, 3.05) is 13.2 Å². The third-order valence-corrected chi connectivity index (χ3v) is 5.41. The van der Waals surface area contributed by atoms with Crippen LogP contribution in [-0.2, 0) is 18.0 Å². The average Bonchev–Trinajstić information content (AvgIpc) is 2.13. The quantitative estimate of drug-likeness (QED) is 0.495. The van der Waals surface area contributed by atoms with E-state index in [1.807, 2.05) is 20.8 Å². The van der Waals surface area contributed by atoms with Gasteiger partial charge in [-0.3, -0.25) is 4.57 Å². The molecule has 0 aliphatic rings. The van der Waals surface area contributed by atoms with Gasteiger partial charge in [-0.2, -0.15) is 0 Å². The molecule has 0 fully saturated rings. The molecule has 0 aromatic rings. The molecule has 1 unspecified atom stereocenters. The van der Waals surface area contributed by atoms with Gasteiger partial charge in [-0.1, -0.05) is 6.92 Å². The van der Waals surface area contributed by atoms with E-state index in [-0.39, 0.29) is 0 Å². The summed E-state index contributed by atoms with van der Waals surface area (Å²) in [6, 6.07) is 0. The molecule has 0 radical (unpaired) electrons. The van der Waals surface area contributed by atoms with Gasteiger partial charge in [0.25, 0.3) is 0 Å². The second-order valence-corrected chi connectivity index (χ2v) is 11.1. The standard InChI is InChI=1S/C10H25O4PSi/c1-7-10(14-16(4,5)6)15(11,12-8-2)13-9-3/h10H,7-9H2,1-6H3. The van der Waals surface area contributed by atoms with Crippen molar-refractivity contribution in [2.24, 2.45) is 0 Å². The minimum atomic E-state index is -3.11. The van der Waals surface area contributed by atoms with E-state index in [1.54, 1.807) is 0 Å². The topological polar surface area (TPSA) is 44.8 Å². The molecule has 16 heavy (non-hydrogen) atoms. The molecule has 1 atom stereocenters. The highest BCUT2D eigenvalue weighted by molar-refractivity contribution is 7.54. The lowest BCUT2D eigenvalue weighted by molar-refractivity contribution is 0.155.